The number of piperidine rings is 1. The Labute approximate surface area is 88.8 Å². The van der Waals surface area contributed by atoms with E-state index in [4.69, 9.17) is 4.74 Å². The van der Waals surface area contributed by atoms with Crippen LogP contribution in [-0.2, 0) is 9.53 Å². The second-order valence-corrected chi connectivity index (χ2v) is 5.04. The fourth-order valence-electron chi connectivity index (χ4n) is 1.94. The molecule has 0 aromatic rings. The molecule has 3 aliphatic heterocycles. The van der Waals surface area contributed by atoms with E-state index in [-0.39, 0.29) is 24.1 Å². The van der Waals surface area contributed by atoms with Gasteiger partial charge in [-0.2, -0.15) is 0 Å². The van der Waals surface area contributed by atoms with Crippen molar-refractivity contribution in [1.82, 2.24) is 10.2 Å². The largest absolute Gasteiger partial charge is 0.444 e. The summed E-state index contributed by atoms with van der Waals surface area (Å²) in [6, 6.07) is -0.179. The van der Waals surface area contributed by atoms with E-state index in [2.05, 4.69) is 5.32 Å². The second kappa shape index (κ2) is 3.12. The van der Waals surface area contributed by atoms with Crippen LogP contribution in [0.3, 0.4) is 0 Å². The van der Waals surface area contributed by atoms with Crippen LogP contribution in [-0.4, -0.2) is 41.1 Å². The van der Waals surface area contributed by atoms with Gasteiger partial charge >= 0.3 is 6.09 Å². The zero-order chi connectivity index (χ0) is 11.2. The summed E-state index contributed by atoms with van der Waals surface area (Å²) in [4.78, 5) is 24.6. The van der Waals surface area contributed by atoms with Gasteiger partial charge in [-0.05, 0) is 27.2 Å². The fraction of sp³-hybridized carbons (Fsp3) is 0.800. The van der Waals surface area contributed by atoms with E-state index in [1.165, 1.54) is 0 Å². The maximum absolute atomic E-state index is 11.7. The highest BCUT2D eigenvalue weighted by Crippen LogP contribution is 2.30. The van der Waals surface area contributed by atoms with Crippen molar-refractivity contribution in [3.8, 4) is 0 Å². The highest BCUT2D eigenvalue weighted by Gasteiger charge is 2.50. The Morgan fingerprint density at radius 3 is 2.67 bits per heavy atom. The minimum absolute atomic E-state index is 0.0663. The number of carbonyl (C=O) groups excluding carboxylic acids is 2. The van der Waals surface area contributed by atoms with Crippen molar-refractivity contribution in [2.24, 2.45) is 0 Å². The second-order valence-electron chi connectivity index (χ2n) is 5.04. The van der Waals surface area contributed by atoms with E-state index >= 15 is 0 Å². The van der Waals surface area contributed by atoms with Crippen molar-refractivity contribution in [2.75, 3.05) is 6.54 Å². The zero-order valence-corrected chi connectivity index (χ0v) is 9.24. The van der Waals surface area contributed by atoms with Gasteiger partial charge in [0.2, 0.25) is 5.91 Å². The molecule has 0 radical (unpaired) electrons. The summed E-state index contributed by atoms with van der Waals surface area (Å²) < 4.78 is 5.23. The predicted molar refractivity (Wildman–Crippen MR) is 53.3 cm³/mol. The zero-order valence-electron chi connectivity index (χ0n) is 9.24. The van der Waals surface area contributed by atoms with Crippen LogP contribution >= 0.6 is 0 Å². The number of nitrogens with one attached hydrogen (secondary N) is 1. The Hall–Kier alpha value is -1.26. The third-order valence-corrected chi connectivity index (χ3v) is 2.64. The van der Waals surface area contributed by atoms with Crippen LogP contribution in [0, 0.1) is 0 Å². The highest BCUT2D eigenvalue weighted by atomic mass is 16.6. The minimum Gasteiger partial charge on any atom is -0.444 e. The van der Waals surface area contributed by atoms with Gasteiger partial charge in [0, 0.05) is 6.54 Å². The maximum atomic E-state index is 11.7. The Bertz CT molecular complexity index is 306. The highest BCUT2D eigenvalue weighted by molar-refractivity contribution is 5.89. The summed E-state index contributed by atoms with van der Waals surface area (Å²) >= 11 is 0. The summed E-state index contributed by atoms with van der Waals surface area (Å²) in [6.45, 7) is 6.01. The van der Waals surface area contributed by atoms with Crippen LogP contribution in [0.15, 0.2) is 0 Å². The first-order valence-corrected chi connectivity index (χ1v) is 5.17. The Balaban J connectivity index is 2.01. The number of ether oxygens (including phenoxy) is 1. The van der Waals surface area contributed by atoms with E-state index < -0.39 is 5.60 Å². The molecule has 3 heterocycles. The third kappa shape index (κ3) is 1.78. The molecule has 5 nitrogen and oxygen atoms in total. The molecule has 5 heteroatoms. The van der Waals surface area contributed by atoms with Crippen molar-refractivity contribution in [2.45, 2.75) is 44.9 Å². The Kier molecular flexibility index (Phi) is 2.13. The SMILES string of the molecule is CC(C)(C)OC(=O)N1[C@H]2CNC(=O)[C@@H]1C2. The summed E-state index contributed by atoms with van der Waals surface area (Å²) in [5, 5.41) is 2.74. The molecule has 3 aliphatic rings. The molecule has 3 rings (SSSR count). The van der Waals surface area contributed by atoms with E-state index in [0.717, 1.165) is 6.42 Å². The Morgan fingerprint density at radius 2 is 2.20 bits per heavy atom. The van der Waals surface area contributed by atoms with Crippen LogP contribution in [0.1, 0.15) is 27.2 Å². The first-order valence-electron chi connectivity index (χ1n) is 5.17. The number of hydrogen-bond acceptors (Lipinski definition) is 3. The molecule has 0 aliphatic carbocycles. The number of nitrogens with zero attached hydrogens (tertiary/aromatic N) is 1. The van der Waals surface area contributed by atoms with Crippen molar-refractivity contribution in [1.29, 1.82) is 0 Å². The van der Waals surface area contributed by atoms with Crippen molar-refractivity contribution in [3.63, 3.8) is 0 Å². The first kappa shape index (κ1) is 10.3. The fourth-order valence-corrected chi connectivity index (χ4v) is 1.94. The van der Waals surface area contributed by atoms with Gasteiger partial charge in [0.05, 0.1) is 6.04 Å². The van der Waals surface area contributed by atoms with Gasteiger partial charge in [0.15, 0.2) is 0 Å². The van der Waals surface area contributed by atoms with E-state index in [9.17, 15) is 9.59 Å². The Morgan fingerprint density at radius 1 is 1.53 bits per heavy atom. The molecule has 0 unspecified atom stereocenters. The van der Waals surface area contributed by atoms with Crippen LogP contribution in [0.5, 0.6) is 0 Å². The lowest BCUT2D eigenvalue weighted by Gasteiger charge is -2.51. The number of rotatable bonds is 0. The molecular weight excluding hydrogens is 196 g/mol. The van der Waals surface area contributed by atoms with Crippen molar-refractivity contribution >= 4 is 12.0 Å². The number of hydrogen-bond donors (Lipinski definition) is 1. The van der Waals surface area contributed by atoms with Crippen LogP contribution < -0.4 is 5.32 Å². The average Bonchev–Trinajstić information content (AvgIpc) is 1.98. The summed E-state index contributed by atoms with van der Waals surface area (Å²) in [7, 11) is 0. The number of carbonyl (C=O) groups is 2. The van der Waals surface area contributed by atoms with Gasteiger partial charge in [-0.1, -0.05) is 0 Å². The number of fused-ring (bicyclic) bond motifs is 2. The molecule has 2 amide bonds. The van der Waals surface area contributed by atoms with Gasteiger partial charge in [0.25, 0.3) is 0 Å². The summed E-state index contributed by atoms with van der Waals surface area (Å²) in [5.74, 6) is -0.0663. The molecule has 3 saturated heterocycles. The average molecular weight is 212 g/mol. The van der Waals surface area contributed by atoms with Gasteiger partial charge in [-0.3, -0.25) is 9.69 Å². The molecule has 2 bridgehead atoms. The molecule has 0 aromatic carbocycles. The number of amides is 2. The lowest BCUT2D eigenvalue weighted by atomic mass is 9.89. The van der Waals surface area contributed by atoms with Crippen LogP contribution in [0.2, 0.25) is 0 Å². The van der Waals surface area contributed by atoms with Gasteiger partial charge in [0.1, 0.15) is 11.6 Å². The topological polar surface area (TPSA) is 58.6 Å². The minimum atomic E-state index is -0.503. The van der Waals surface area contributed by atoms with Crippen LogP contribution in [0.4, 0.5) is 4.79 Å². The quantitative estimate of drug-likeness (QED) is 0.636. The molecule has 1 N–H and O–H groups in total. The molecular formula is C10H16N2O3. The van der Waals surface area contributed by atoms with Crippen LogP contribution in [0.25, 0.3) is 0 Å². The maximum Gasteiger partial charge on any atom is 0.411 e. The molecule has 3 fully saturated rings. The van der Waals surface area contributed by atoms with Crippen molar-refractivity contribution < 1.29 is 14.3 Å². The number of piperazine rings is 1. The summed E-state index contributed by atoms with van der Waals surface area (Å²) in [6.07, 6.45) is 0.393. The molecule has 0 saturated carbocycles. The smallest absolute Gasteiger partial charge is 0.411 e. The standard InChI is InChI=1S/C10H16N2O3/c1-10(2,3)15-9(14)12-6-4-7(12)8(13)11-5-6/h6-7H,4-5H2,1-3H3,(H,11,13)/t6-,7+/m1/s1. The molecule has 84 valence electrons. The lowest BCUT2D eigenvalue weighted by Crippen LogP contribution is -2.72. The lowest BCUT2D eigenvalue weighted by molar-refractivity contribution is -0.140. The van der Waals surface area contributed by atoms with E-state index in [1.54, 1.807) is 4.90 Å². The van der Waals surface area contributed by atoms with E-state index in [0.29, 0.717) is 6.54 Å². The normalized spacial score (nSPS) is 29.3. The van der Waals surface area contributed by atoms with Gasteiger partial charge < -0.3 is 10.1 Å². The monoisotopic (exact) mass is 212 g/mol. The van der Waals surface area contributed by atoms with E-state index in [1.807, 2.05) is 20.8 Å². The van der Waals surface area contributed by atoms with Crippen molar-refractivity contribution in [3.05, 3.63) is 0 Å². The molecule has 0 spiro atoms. The molecule has 0 aromatic heterocycles. The summed E-state index contributed by atoms with van der Waals surface area (Å²) in [5.41, 5.74) is -0.503. The molecule has 2 atom stereocenters. The van der Waals surface area contributed by atoms with Gasteiger partial charge in [-0.15, -0.1) is 0 Å². The van der Waals surface area contributed by atoms with Gasteiger partial charge in [-0.25, -0.2) is 4.79 Å². The first-order chi connectivity index (χ1) is 6.88. The molecule has 15 heavy (non-hydrogen) atoms. The predicted octanol–water partition coefficient (Wildman–Crippen LogP) is 0.494. The third-order valence-electron chi connectivity index (χ3n) is 2.64.